The molecule has 0 unspecified atom stereocenters. The van der Waals surface area contributed by atoms with Crippen LogP contribution in [0.2, 0.25) is 0 Å². The standard InChI is InChI=1S/C21H23F3N4O3/c22-21(23,24)15-3-1-2-14(10-15)18-25-19(31-26-18)17-12-28(8-9-30-17)20(29)16-11-27-6-4-13(16)5-7-27/h1-3,10,13,16-17H,4-9,11-12H2/t16-,17-/m0/s1. The smallest absolute Gasteiger partial charge is 0.365 e. The zero-order valence-corrected chi connectivity index (χ0v) is 16.8. The summed E-state index contributed by atoms with van der Waals surface area (Å²) in [6.07, 6.45) is -2.92. The molecule has 2 atom stereocenters. The highest BCUT2D eigenvalue weighted by Gasteiger charge is 2.41. The summed E-state index contributed by atoms with van der Waals surface area (Å²) in [6, 6.07) is 4.78. The molecular formula is C21H23F3N4O3. The van der Waals surface area contributed by atoms with Crippen LogP contribution >= 0.6 is 0 Å². The number of aromatic nitrogens is 2. The number of hydrogen-bond acceptors (Lipinski definition) is 6. The van der Waals surface area contributed by atoms with Crippen molar-refractivity contribution in [3.8, 4) is 11.4 Å². The van der Waals surface area contributed by atoms with Crippen molar-refractivity contribution >= 4 is 5.91 Å². The second-order valence-corrected chi connectivity index (χ2v) is 8.42. The predicted octanol–water partition coefficient (Wildman–Crippen LogP) is 3.00. The number of morpholine rings is 1. The largest absolute Gasteiger partial charge is 0.416 e. The van der Waals surface area contributed by atoms with Crippen molar-refractivity contribution in [3.63, 3.8) is 0 Å². The first-order chi connectivity index (χ1) is 14.9. The Labute approximate surface area is 177 Å². The summed E-state index contributed by atoms with van der Waals surface area (Å²) in [6.45, 7) is 4.10. The maximum atomic E-state index is 13.1. The van der Waals surface area contributed by atoms with Gasteiger partial charge in [0.2, 0.25) is 11.7 Å². The summed E-state index contributed by atoms with van der Waals surface area (Å²) in [5.41, 5.74) is -0.569. The second-order valence-electron chi connectivity index (χ2n) is 8.42. The number of alkyl halides is 3. The highest BCUT2D eigenvalue weighted by atomic mass is 19.4. The highest BCUT2D eigenvalue weighted by molar-refractivity contribution is 5.80. The van der Waals surface area contributed by atoms with Gasteiger partial charge in [0.15, 0.2) is 6.10 Å². The monoisotopic (exact) mass is 436 g/mol. The lowest BCUT2D eigenvalue weighted by atomic mass is 9.78. The van der Waals surface area contributed by atoms with E-state index in [1.165, 1.54) is 12.1 Å². The summed E-state index contributed by atoms with van der Waals surface area (Å²) in [7, 11) is 0. The Bertz CT molecular complexity index is 955. The van der Waals surface area contributed by atoms with Crippen LogP contribution in [0.3, 0.4) is 0 Å². The maximum absolute atomic E-state index is 13.1. The average molecular weight is 436 g/mol. The molecule has 0 N–H and O–H groups in total. The second kappa shape index (κ2) is 7.90. The van der Waals surface area contributed by atoms with Gasteiger partial charge in [0.25, 0.3) is 5.89 Å². The zero-order chi connectivity index (χ0) is 21.6. The number of ether oxygens (including phenoxy) is 1. The first-order valence-electron chi connectivity index (χ1n) is 10.5. The summed E-state index contributed by atoms with van der Waals surface area (Å²) < 4.78 is 50.0. The molecule has 1 aromatic carbocycles. The Kier molecular flexibility index (Phi) is 5.21. The van der Waals surface area contributed by atoms with E-state index in [-0.39, 0.29) is 29.1 Å². The fraction of sp³-hybridized carbons (Fsp3) is 0.571. The molecule has 166 valence electrons. The summed E-state index contributed by atoms with van der Waals surface area (Å²) >= 11 is 0. The Balaban J connectivity index is 1.29. The molecule has 6 rings (SSSR count). The van der Waals surface area contributed by atoms with E-state index in [9.17, 15) is 18.0 Å². The number of nitrogens with zero attached hydrogens (tertiary/aromatic N) is 4. The third-order valence-electron chi connectivity index (χ3n) is 6.52. The lowest BCUT2D eigenvalue weighted by Gasteiger charge is -2.46. The predicted molar refractivity (Wildman–Crippen MR) is 103 cm³/mol. The number of hydrogen-bond donors (Lipinski definition) is 0. The van der Waals surface area contributed by atoms with E-state index in [0.29, 0.717) is 25.6 Å². The Morgan fingerprint density at radius 2 is 1.94 bits per heavy atom. The number of carbonyl (C=O) groups excluding carboxylic acids is 1. The molecule has 1 aromatic heterocycles. The van der Waals surface area contributed by atoms with Crippen molar-refractivity contribution in [2.45, 2.75) is 25.1 Å². The summed E-state index contributed by atoms with van der Waals surface area (Å²) in [5, 5.41) is 3.83. The van der Waals surface area contributed by atoms with Gasteiger partial charge in [-0.2, -0.15) is 18.2 Å². The van der Waals surface area contributed by atoms with Gasteiger partial charge >= 0.3 is 6.18 Å². The van der Waals surface area contributed by atoms with E-state index >= 15 is 0 Å². The van der Waals surface area contributed by atoms with Crippen molar-refractivity contribution in [2.75, 3.05) is 39.3 Å². The van der Waals surface area contributed by atoms with Crippen LogP contribution in [0.25, 0.3) is 11.4 Å². The molecule has 5 heterocycles. The molecule has 0 radical (unpaired) electrons. The van der Waals surface area contributed by atoms with E-state index in [1.54, 1.807) is 4.90 Å². The third-order valence-corrected chi connectivity index (χ3v) is 6.52. The lowest BCUT2D eigenvalue weighted by Crippen LogP contribution is -2.55. The fourth-order valence-corrected chi connectivity index (χ4v) is 4.80. The van der Waals surface area contributed by atoms with E-state index in [2.05, 4.69) is 15.0 Å². The van der Waals surface area contributed by atoms with Crippen molar-refractivity contribution in [2.24, 2.45) is 11.8 Å². The minimum absolute atomic E-state index is 0.0182. The van der Waals surface area contributed by atoms with Crippen molar-refractivity contribution in [1.29, 1.82) is 0 Å². The van der Waals surface area contributed by atoms with Crippen LogP contribution in [0.4, 0.5) is 13.2 Å². The molecule has 1 amide bonds. The quantitative estimate of drug-likeness (QED) is 0.737. The first kappa shape index (κ1) is 20.4. The number of benzene rings is 1. The molecule has 4 saturated heterocycles. The van der Waals surface area contributed by atoms with Crippen molar-refractivity contribution < 1.29 is 27.2 Å². The molecule has 4 fully saturated rings. The van der Waals surface area contributed by atoms with Crippen LogP contribution in [0.5, 0.6) is 0 Å². The minimum atomic E-state index is -4.45. The van der Waals surface area contributed by atoms with Crippen LogP contribution in [0.15, 0.2) is 28.8 Å². The average Bonchev–Trinajstić information content (AvgIpc) is 3.29. The van der Waals surface area contributed by atoms with E-state index < -0.39 is 17.8 Å². The molecule has 31 heavy (non-hydrogen) atoms. The highest BCUT2D eigenvalue weighted by Crippen LogP contribution is 2.35. The van der Waals surface area contributed by atoms with Gasteiger partial charge in [0.05, 0.1) is 24.6 Å². The van der Waals surface area contributed by atoms with E-state index in [0.717, 1.165) is 44.6 Å². The summed E-state index contributed by atoms with van der Waals surface area (Å²) in [5.74, 6) is 0.823. The number of amides is 1. The first-order valence-corrected chi connectivity index (χ1v) is 10.5. The van der Waals surface area contributed by atoms with Gasteiger partial charge in [0, 0.05) is 18.7 Å². The van der Waals surface area contributed by atoms with Crippen LogP contribution in [0.1, 0.15) is 30.4 Å². The van der Waals surface area contributed by atoms with Crippen LogP contribution in [-0.2, 0) is 15.7 Å². The minimum Gasteiger partial charge on any atom is -0.365 e. The zero-order valence-electron chi connectivity index (χ0n) is 16.8. The number of piperidine rings is 3. The van der Waals surface area contributed by atoms with Gasteiger partial charge in [-0.25, -0.2) is 0 Å². The van der Waals surface area contributed by atoms with Crippen LogP contribution in [0, 0.1) is 11.8 Å². The van der Waals surface area contributed by atoms with Crippen LogP contribution in [-0.4, -0.2) is 65.2 Å². The van der Waals surface area contributed by atoms with Gasteiger partial charge in [0.1, 0.15) is 0 Å². The molecule has 10 heteroatoms. The Morgan fingerprint density at radius 1 is 1.13 bits per heavy atom. The van der Waals surface area contributed by atoms with Crippen molar-refractivity contribution in [3.05, 3.63) is 35.7 Å². The number of halogens is 3. The van der Waals surface area contributed by atoms with Gasteiger partial charge in [-0.15, -0.1) is 0 Å². The summed E-state index contributed by atoms with van der Waals surface area (Å²) in [4.78, 5) is 21.6. The molecular weight excluding hydrogens is 413 g/mol. The van der Waals surface area contributed by atoms with Crippen molar-refractivity contribution in [1.82, 2.24) is 19.9 Å². The molecule has 2 bridgehead atoms. The van der Waals surface area contributed by atoms with E-state index in [4.69, 9.17) is 9.26 Å². The molecule has 4 aliphatic heterocycles. The Hall–Kier alpha value is -2.46. The molecule has 4 aliphatic rings. The SMILES string of the molecule is O=C([C@H]1CN2CCC1CC2)N1CCO[C@H](c2nc(-c3cccc(C(F)(F)F)c3)no2)C1. The van der Waals surface area contributed by atoms with Gasteiger partial charge in [-0.05, 0) is 44.0 Å². The van der Waals surface area contributed by atoms with Crippen LogP contribution < -0.4 is 0 Å². The van der Waals surface area contributed by atoms with Gasteiger partial charge in [-0.3, -0.25) is 4.79 Å². The molecule has 2 aromatic rings. The fourth-order valence-electron chi connectivity index (χ4n) is 4.80. The molecule has 0 aliphatic carbocycles. The number of fused-ring (bicyclic) bond motifs is 3. The molecule has 7 nitrogen and oxygen atoms in total. The topological polar surface area (TPSA) is 71.7 Å². The third kappa shape index (κ3) is 4.06. The molecule has 0 saturated carbocycles. The normalized spacial score (nSPS) is 28.7. The number of rotatable bonds is 3. The van der Waals surface area contributed by atoms with E-state index in [1.807, 2.05) is 0 Å². The lowest BCUT2D eigenvalue weighted by molar-refractivity contribution is -0.150. The number of carbonyl (C=O) groups is 1. The van der Waals surface area contributed by atoms with Gasteiger partial charge < -0.3 is 19.1 Å². The molecule has 0 spiro atoms. The maximum Gasteiger partial charge on any atom is 0.416 e. The Morgan fingerprint density at radius 3 is 2.65 bits per heavy atom. The van der Waals surface area contributed by atoms with Gasteiger partial charge in [-0.1, -0.05) is 17.3 Å².